The van der Waals surface area contributed by atoms with Crippen LogP contribution in [-0.2, 0) is 11.3 Å². The standard InChI is InChI=1S/C17H20N6O2S2/c1-4-23-15(12-8-6-7-9-13(12)25-5-2)20-22-17(23)26-10-14(24)18-16-21-19-11(3)27-16/h6-9H,4-5,10H2,1-3H3,(H,18,21,24). The van der Waals surface area contributed by atoms with Crippen molar-refractivity contribution in [1.29, 1.82) is 0 Å². The average molecular weight is 405 g/mol. The summed E-state index contributed by atoms with van der Waals surface area (Å²) in [5.41, 5.74) is 0.884. The molecule has 0 radical (unpaired) electrons. The molecule has 0 saturated heterocycles. The van der Waals surface area contributed by atoms with E-state index in [9.17, 15) is 4.79 Å². The minimum Gasteiger partial charge on any atom is -0.493 e. The van der Waals surface area contributed by atoms with Gasteiger partial charge in [0.2, 0.25) is 11.0 Å². The predicted octanol–water partition coefficient (Wildman–Crippen LogP) is 3.25. The molecule has 1 aromatic carbocycles. The van der Waals surface area contributed by atoms with Gasteiger partial charge in [0.25, 0.3) is 0 Å². The van der Waals surface area contributed by atoms with Gasteiger partial charge in [0.05, 0.1) is 17.9 Å². The summed E-state index contributed by atoms with van der Waals surface area (Å²) in [4.78, 5) is 12.1. The van der Waals surface area contributed by atoms with Crippen molar-refractivity contribution in [3.05, 3.63) is 29.3 Å². The van der Waals surface area contributed by atoms with E-state index in [1.807, 2.05) is 49.6 Å². The Morgan fingerprint density at radius 1 is 1.22 bits per heavy atom. The van der Waals surface area contributed by atoms with Crippen LogP contribution in [0.4, 0.5) is 5.13 Å². The Bertz CT molecular complexity index is 924. The molecule has 27 heavy (non-hydrogen) atoms. The number of nitrogens with zero attached hydrogens (tertiary/aromatic N) is 5. The molecule has 1 amide bonds. The number of aryl methyl sites for hydroxylation is 1. The molecule has 0 bridgehead atoms. The Balaban J connectivity index is 1.73. The number of hydrogen-bond donors (Lipinski definition) is 1. The van der Waals surface area contributed by atoms with E-state index in [-0.39, 0.29) is 11.7 Å². The quantitative estimate of drug-likeness (QED) is 0.576. The summed E-state index contributed by atoms with van der Waals surface area (Å²) < 4.78 is 7.68. The van der Waals surface area contributed by atoms with E-state index in [2.05, 4.69) is 25.7 Å². The summed E-state index contributed by atoms with van der Waals surface area (Å²) in [7, 11) is 0. The molecule has 8 nitrogen and oxygen atoms in total. The van der Waals surface area contributed by atoms with Crippen LogP contribution in [-0.4, -0.2) is 43.2 Å². The first-order valence-electron chi connectivity index (χ1n) is 8.50. The molecule has 0 spiro atoms. The topological polar surface area (TPSA) is 94.8 Å². The Morgan fingerprint density at radius 2 is 2.04 bits per heavy atom. The second kappa shape index (κ2) is 8.96. The average Bonchev–Trinajstić information content (AvgIpc) is 3.26. The highest BCUT2D eigenvalue weighted by atomic mass is 32.2. The fraction of sp³-hybridized carbons (Fsp3) is 0.353. The van der Waals surface area contributed by atoms with E-state index < -0.39 is 0 Å². The Morgan fingerprint density at radius 3 is 2.74 bits per heavy atom. The van der Waals surface area contributed by atoms with E-state index in [4.69, 9.17) is 4.74 Å². The molecule has 0 aliphatic rings. The van der Waals surface area contributed by atoms with Crippen LogP contribution < -0.4 is 10.1 Å². The summed E-state index contributed by atoms with van der Waals surface area (Å²) >= 11 is 2.68. The van der Waals surface area contributed by atoms with Gasteiger partial charge in [-0.3, -0.25) is 10.1 Å². The maximum absolute atomic E-state index is 12.1. The number of amides is 1. The summed E-state index contributed by atoms with van der Waals surface area (Å²) in [6, 6.07) is 7.74. The van der Waals surface area contributed by atoms with Crippen molar-refractivity contribution in [2.45, 2.75) is 32.5 Å². The molecular weight excluding hydrogens is 384 g/mol. The van der Waals surface area contributed by atoms with Gasteiger partial charge in [-0.1, -0.05) is 35.2 Å². The highest BCUT2D eigenvalue weighted by Crippen LogP contribution is 2.31. The van der Waals surface area contributed by atoms with Crippen molar-refractivity contribution in [2.24, 2.45) is 0 Å². The van der Waals surface area contributed by atoms with Crippen LogP contribution in [0.1, 0.15) is 18.9 Å². The molecule has 142 valence electrons. The minimum atomic E-state index is -0.155. The van der Waals surface area contributed by atoms with Gasteiger partial charge in [-0.05, 0) is 32.9 Å². The molecule has 3 rings (SSSR count). The van der Waals surface area contributed by atoms with Gasteiger partial charge in [-0.2, -0.15) is 0 Å². The van der Waals surface area contributed by atoms with Gasteiger partial charge in [0, 0.05) is 6.54 Å². The van der Waals surface area contributed by atoms with Crippen LogP contribution in [0.25, 0.3) is 11.4 Å². The number of nitrogens with one attached hydrogen (secondary N) is 1. The van der Waals surface area contributed by atoms with Crippen molar-refractivity contribution in [3.63, 3.8) is 0 Å². The zero-order valence-corrected chi connectivity index (χ0v) is 16.9. The number of benzene rings is 1. The van der Waals surface area contributed by atoms with E-state index in [0.717, 1.165) is 22.1 Å². The number of thioether (sulfide) groups is 1. The van der Waals surface area contributed by atoms with Gasteiger partial charge >= 0.3 is 0 Å². The van der Waals surface area contributed by atoms with Crippen molar-refractivity contribution >= 4 is 34.1 Å². The molecule has 2 aromatic heterocycles. The molecule has 10 heteroatoms. The summed E-state index contributed by atoms with van der Waals surface area (Å²) in [5.74, 6) is 1.55. The van der Waals surface area contributed by atoms with Crippen molar-refractivity contribution in [1.82, 2.24) is 25.0 Å². The van der Waals surface area contributed by atoms with Gasteiger partial charge < -0.3 is 9.30 Å². The van der Waals surface area contributed by atoms with Gasteiger partial charge in [0.15, 0.2) is 11.0 Å². The van der Waals surface area contributed by atoms with Crippen molar-refractivity contribution < 1.29 is 9.53 Å². The highest BCUT2D eigenvalue weighted by Gasteiger charge is 2.17. The lowest BCUT2D eigenvalue weighted by Crippen LogP contribution is -2.14. The van der Waals surface area contributed by atoms with Crippen LogP contribution in [0.2, 0.25) is 0 Å². The van der Waals surface area contributed by atoms with Crippen LogP contribution in [0, 0.1) is 6.92 Å². The first kappa shape index (κ1) is 19.3. The summed E-state index contributed by atoms with van der Waals surface area (Å²) in [6.45, 7) is 7.06. The van der Waals surface area contributed by atoms with E-state index >= 15 is 0 Å². The first-order chi connectivity index (χ1) is 13.1. The fourth-order valence-electron chi connectivity index (χ4n) is 2.45. The Kier molecular flexibility index (Phi) is 6.40. The zero-order chi connectivity index (χ0) is 19.2. The number of para-hydroxylation sites is 1. The van der Waals surface area contributed by atoms with E-state index in [1.54, 1.807) is 0 Å². The molecule has 1 N–H and O–H groups in total. The van der Waals surface area contributed by atoms with Crippen LogP contribution in [0.3, 0.4) is 0 Å². The SMILES string of the molecule is CCOc1ccccc1-c1nnc(SCC(=O)Nc2nnc(C)s2)n1CC. The second-order valence-electron chi connectivity index (χ2n) is 5.44. The zero-order valence-electron chi connectivity index (χ0n) is 15.3. The predicted molar refractivity (Wildman–Crippen MR) is 106 cm³/mol. The number of rotatable bonds is 8. The third kappa shape index (κ3) is 4.64. The van der Waals surface area contributed by atoms with E-state index in [1.165, 1.54) is 23.1 Å². The Labute approximate surface area is 165 Å². The minimum absolute atomic E-state index is 0.155. The summed E-state index contributed by atoms with van der Waals surface area (Å²) in [6.07, 6.45) is 0. The third-order valence-electron chi connectivity index (χ3n) is 3.57. The van der Waals surface area contributed by atoms with Crippen molar-refractivity contribution in [3.8, 4) is 17.1 Å². The van der Waals surface area contributed by atoms with Crippen LogP contribution >= 0.6 is 23.1 Å². The second-order valence-corrected chi connectivity index (χ2v) is 7.57. The number of hydrogen-bond acceptors (Lipinski definition) is 8. The smallest absolute Gasteiger partial charge is 0.236 e. The molecule has 0 atom stereocenters. The van der Waals surface area contributed by atoms with Crippen LogP contribution in [0.5, 0.6) is 5.75 Å². The number of anilines is 1. The van der Waals surface area contributed by atoms with Gasteiger partial charge in [-0.25, -0.2) is 0 Å². The molecule has 0 aliphatic heterocycles. The fourth-order valence-corrected chi connectivity index (χ4v) is 3.86. The monoisotopic (exact) mass is 404 g/mol. The van der Waals surface area contributed by atoms with Crippen LogP contribution in [0.15, 0.2) is 29.4 Å². The van der Waals surface area contributed by atoms with Gasteiger partial charge in [0.1, 0.15) is 10.8 Å². The summed E-state index contributed by atoms with van der Waals surface area (Å²) in [5, 5.41) is 21.1. The molecule has 0 saturated carbocycles. The number of aromatic nitrogens is 5. The maximum Gasteiger partial charge on any atom is 0.236 e. The number of carbonyl (C=O) groups excluding carboxylic acids is 1. The molecule has 0 fully saturated rings. The lowest BCUT2D eigenvalue weighted by molar-refractivity contribution is -0.113. The number of ether oxygens (including phenoxy) is 1. The Hall–Kier alpha value is -2.46. The molecule has 0 unspecified atom stereocenters. The maximum atomic E-state index is 12.1. The lowest BCUT2D eigenvalue weighted by Gasteiger charge is -2.11. The molecule has 3 aromatic rings. The first-order valence-corrected chi connectivity index (χ1v) is 10.3. The normalized spacial score (nSPS) is 10.8. The molecular formula is C17H20N6O2S2. The van der Waals surface area contributed by atoms with Crippen molar-refractivity contribution in [2.75, 3.05) is 17.7 Å². The molecule has 2 heterocycles. The largest absolute Gasteiger partial charge is 0.493 e. The van der Waals surface area contributed by atoms with E-state index in [0.29, 0.717) is 23.4 Å². The highest BCUT2D eigenvalue weighted by molar-refractivity contribution is 7.99. The van der Waals surface area contributed by atoms with Gasteiger partial charge in [-0.15, -0.1) is 20.4 Å². The lowest BCUT2D eigenvalue weighted by atomic mass is 10.2. The number of carbonyl (C=O) groups is 1. The molecule has 0 aliphatic carbocycles. The third-order valence-corrected chi connectivity index (χ3v) is 5.29.